The summed E-state index contributed by atoms with van der Waals surface area (Å²) in [5.41, 5.74) is 0.885. The second-order valence-electron chi connectivity index (χ2n) is 10.0. The van der Waals surface area contributed by atoms with Gasteiger partial charge in [0.25, 0.3) is 0 Å². The highest BCUT2D eigenvalue weighted by Gasteiger charge is 2.31. The van der Waals surface area contributed by atoms with Gasteiger partial charge in [0.1, 0.15) is 17.5 Å². The molecule has 0 aliphatic heterocycles. The average molecular weight is 437 g/mol. The molecule has 1 fully saturated rings. The normalized spacial score (nSPS) is 18.7. The van der Waals surface area contributed by atoms with Crippen molar-refractivity contribution in [3.05, 3.63) is 30.1 Å². The molecule has 0 aromatic carbocycles. The first-order valence-corrected chi connectivity index (χ1v) is 11.4. The fourth-order valence-corrected chi connectivity index (χ4v) is 4.46. The SMILES string of the molecule is CC(C)(C)CC(CC(=O)c1cc2cccnc2[nH]1)C(=O)NC(C#N)CC1CCCCC1=O. The monoisotopic (exact) mass is 436 g/mol. The number of pyridine rings is 1. The maximum atomic E-state index is 13.1. The van der Waals surface area contributed by atoms with Gasteiger partial charge >= 0.3 is 0 Å². The van der Waals surface area contributed by atoms with Crippen LogP contribution in [0.25, 0.3) is 11.0 Å². The van der Waals surface area contributed by atoms with Gasteiger partial charge in [0.15, 0.2) is 5.78 Å². The maximum absolute atomic E-state index is 13.1. The fourth-order valence-electron chi connectivity index (χ4n) is 4.46. The molecule has 7 nitrogen and oxygen atoms in total. The highest BCUT2D eigenvalue weighted by Crippen LogP contribution is 2.29. The smallest absolute Gasteiger partial charge is 0.224 e. The Morgan fingerprint density at radius 3 is 2.78 bits per heavy atom. The third kappa shape index (κ3) is 6.25. The first-order valence-electron chi connectivity index (χ1n) is 11.4. The van der Waals surface area contributed by atoms with Crippen LogP contribution in [0.2, 0.25) is 0 Å². The number of aromatic amines is 1. The zero-order valence-electron chi connectivity index (χ0n) is 19.1. The molecule has 0 radical (unpaired) electrons. The van der Waals surface area contributed by atoms with E-state index in [9.17, 15) is 19.6 Å². The number of nitrogens with one attached hydrogen (secondary N) is 2. The lowest BCUT2D eigenvalue weighted by Gasteiger charge is -2.27. The third-order valence-electron chi connectivity index (χ3n) is 6.03. The van der Waals surface area contributed by atoms with E-state index in [4.69, 9.17) is 0 Å². The van der Waals surface area contributed by atoms with Crippen molar-refractivity contribution in [2.75, 3.05) is 0 Å². The number of H-pyrrole nitrogens is 1. The van der Waals surface area contributed by atoms with Crippen LogP contribution in [-0.4, -0.2) is 33.5 Å². The van der Waals surface area contributed by atoms with Crippen molar-refractivity contribution in [3.8, 4) is 6.07 Å². The van der Waals surface area contributed by atoms with Crippen LogP contribution in [0.15, 0.2) is 24.4 Å². The van der Waals surface area contributed by atoms with Gasteiger partial charge in [-0.15, -0.1) is 0 Å². The van der Waals surface area contributed by atoms with E-state index < -0.39 is 12.0 Å². The number of ketones is 2. The molecule has 2 heterocycles. The molecule has 32 heavy (non-hydrogen) atoms. The molecule has 0 bridgehead atoms. The van der Waals surface area contributed by atoms with Crippen LogP contribution in [0.5, 0.6) is 0 Å². The standard InChI is InChI=1S/C25H32N4O3/c1-25(2,3)14-18(13-22(31)20-12-17-8-6-10-27-23(17)29-20)24(32)28-19(15-26)11-16-7-4-5-9-21(16)30/h6,8,10,12,16,18-19H,4-5,7,9,11,13-14H2,1-3H3,(H,27,29)(H,28,32). The van der Waals surface area contributed by atoms with E-state index >= 15 is 0 Å². The van der Waals surface area contributed by atoms with Crippen molar-refractivity contribution in [2.24, 2.45) is 17.3 Å². The quantitative estimate of drug-likeness (QED) is 0.597. The Kier molecular flexibility index (Phi) is 7.44. The van der Waals surface area contributed by atoms with Gasteiger partial charge in [0.05, 0.1) is 11.8 Å². The Morgan fingerprint density at radius 1 is 1.34 bits per heavy atom. The predicted molar refractivity (Wildman–Crippen MR) is 122 cm³/mol. The maximum Gasteiger partial charge on any atom is 0.224 e. The van der Waals surface area contributed by atoms with E-state index in [0.717, 1.165) is 24.6 Å². The summed E-state index contributed by atoms with van der Waals surface area (Å²) in [5.74, 6) is -1.03. The molecule has 0 spiro atoms. The van der Waals surface area contributed by atoms with E-state index in [1.54, 1.807) is 18.3 Å². The Hall–Kier alpha value is -3.01. The van der Waals surface area contributed by atoms with Crippen LogP contribution >= 0.6 is 0 Å². The van der Waals surface area contributed by atoms with E-state index in [0.29, 0.717) is 30.6 Å². The van der Waals surface area contributed by atoms with Crippen LogP contribution in [0.4, 0.5) is 0 Å². The lowest BCUT2D eigenvalue weighted by atomic mass is 9.81. The van der Waals surface area contributed by atoms with Gasteiger partial charge in [0, 0.05) is 36.3 Å². The number of nitriles is 1. The Bertz CT molecular complexity index is 995. The van der Waals surface area contributed by atoms with Crippen molar-refractivity contribution < 1.29 is 14.4 Å². The van der Waals surface area contributed by atoms with Crippen LogP contribution in [0.3, 0.4) is 0 Å². The van der Waals surface area contributed by atoms with E-state index in [2.05, 4.69) is 21.4 Å². The Balaban J connectivity index is 1.70. The molecule has 1 aliphatic carbocycles. The number of amides is 1. The molecular formula is C25H32N4O3. The molecule has 170 valence electrons. The van der Waals surface area contributed by atoms with Gasteiger partial charge in [-0.3, -0.25) is 14.4 Å². The number of nitrogens with zero attached hydrogens (tertiary/aromatic N) is 2. The number of aromatic nitrogens is 2. The number of hydrogen-bond donors (Lipinski definition) is 2. The van der Waals surface area contributed by atoms with E-state index in [-0.39, 0.29) is 35.2 Å². The summed E-state index contributed by atoms with van der Waals surface area (Å²) in [4.78, 5) is 45.5. The van der Waals surface area contributed by atoms with Crippen molar-refractivity contribution in [1.29, 1.82) is 5.26 Å². The molecule has 3 atom stereocenters. The summed E-state index contributed by atoms with van der Waals surface area (Å²) in [6.07, 6.45) is 5.73. The van der Waals surface area contributed by atoms with Gasteiger partial charge in [-0.05, 0) is 49.3 Å². The van der Waals surface area contributed by atoms with Gasteiger partial charge < -0.3 is 10.3 Å². The van der Waals surface area contributed by atoms with Crippen LogP contribution in [-0.2, 0) is 9.59 Å². The molecular weight excluding hydrogens is 404 g/mol. The number of hydrogen-bond acceptors (Lipinski definition) is 5. The van der Waals surface area contributed by atoms with Crippen molar-refractivity contribution in [2.45, 2.75) is 71.8 Å². The molecule has 2 aromatic rings. The largest absolute Gasteiger partial charge is 0.340 e. The lowest BCUT2D eigenvalue weighted by Crippen LogP contribution is -2.42. The zero-order valence-corrected chi connectivity index (χ0v) is 19.1. The number of Topliss-reactive ketones (excluding diaryl/α,β-unsaturated/α-hetero) is 2. The Morgan fingerprint density at radius 2 is 2.12 bits per heavy atom. The number of rotatable bonds is 8. The topological polar surface area (TPSA) is 116 Å². The average Bonchev–Trinajstić information content (AvgIpc) is 3.17. The van der Waals surface area contributed by atoms with Crippen molar-refractivity contribution in [3.63, 3.8) is 0 Å². The summed E-state index contributed by atoms with van der Waals surface area (Å²) in [6.45, 7) is 6.06. The first-order chi connectivity index (χ1) is 15.2. The Labute approximate surface area is 189 Å². The molecule has 7 heteroatoms. The summed E-state index contributed by atoms with van der Waals surface area (Å²) < 4.78 is 0. The molecule has 3 unspecified atom stereocenters. The van der Waals surface area contributed by atoms with Crippen LogP contribution in [0, 0.1) is 28.6 Å². The fraction of sp³-hybridized carbons (Fsp3) is 0.560. The second kappa shape index (κ2) is 10.1. The summed E-state index contributed by atoms with van der Waals surface area (Å²) in [6, 6.07) is 6.84. The minimum absolute atomic E-state index is 0.0381. The highest BCUT2D eigenvalue weighted by atomic mass is 16.2. The zero-order chi connectivity index (χ0) is 23.3. The minimum Gasteiger partial charge on any atom is -0.340 e. The third-order valence-corrected chi connectivity index (χ3v) is 6.03. The van der Waals surface area contributed by atoms with Gasteiger partial charge in [-0.2, -0.15) is 5.26 Å². The number of fused-ring (bicyclic) bond motifs is 1. The van der Waals surface area contributed by atoms with Gasteiger partial charge in [-0.1, -0.05) is 27.2 Å². The summed E-state index contributed by atoms with van der Waals surface area (Å²) in [5, 5.41) is 13.2. The second-order valence-corrected chi connectivity index (χ2v) is 10.0. The molecule has 1 saturated carbocycles. The highest BCUT2D eigenvalue weighted by molar-refractivity contribution is 6.00. The number of carbonyl (C=O) groups is 3. The lowest BCUT2D eigenvalue weighted by molar-refractivity contribution is -0.128. The molecule has 1 aliphatic rings. The van der Waals surface area contributed by atoms with E-state index in [1.807, 2.05) is 26.8 Å². The van der Waals surface area contributed by atoms with Crippen LogP contribution in [0.1, 0.15) is 76.2 Å². The van der Waals surface area contributed by atoms with Gasteiger partial charge in [0.2, 0.25) is 5.91 Å². The summed E-state index contributed by atoms with van der Waals surface area (Å²) in [7, 11) is 0. The van der Waals surface area contributed by atoms with Crippen molar-refractivity contribution >= 4 is 28.5 Å². The van der Waals surface area contributed by atoms with Crippen LogP contribution < -0.4 is 5.32 Å². The molecule has 3 rings (SSSR count). The van der Waals surface area contributed by atoms with Crippen molar-refractivity contribution in [1.82, 2.24) is 15.3 Å². The van der Waals surface area contributed by atoms with E-state index in [1.165, 1.54) is 0 Å². The number of carbonyl (C=O) groups excluding carboxylic acids is 3. The summed E-state index contributed by atoms with van der Waals surface area (Å²) >= 11 is 0. The first kappa shape index (κ1) is 23.6. The predicted octanol–water partition coefficient (Wildman–Crippen LogP) is 4.35. The molecule has 0 saturated heterocycles. The molecule has 1 amide bonds. The molecule has 2 aromatic heterocycles. The minimum atomic E-state index is -0.732. The molecule has 2 N–H and O–H groups in total. The van der Waals surface area contributed by atoms with Gasteiger partial charge in [-0.25, -0.2) is 4.98 Å².